The van der Waals surface area contributed by atoms with Crippen LogP contribution in [0.2, 0.25) is 0 Å². The summed E-state index contributed by atoms with van der Waals surface area (Å²) in [5.41, 5.74) is 10.2. The lowest BCUT2D eigenvalue weighted by molar-refractivity contribution is 0.0951. The Morgan fingerprint density at radius 2 is 1.58 bits per heavy atom. The van der Waals surface area contributed by atoms with E-state index in [1.165, 1.54) is 5.56 Å². The van der Waals surface area contributed by atoms with Crippen LogP contribution >= 0.6 is 0 Å². The largest absolute Gasteiger partial charge is 0.354 e. The molecule has 0 aromatic heterocycles. The van der Waals surface area contributed by atoms with Crippen LogP contribution in [0.5, 0.6) is 0 Å². The molecule has 4 aliphatic heterocycles. The highest BCUT2D eigenvalue weighted by Crippen LogP contribution is 2.33. The van der Waals surface area contributed by atoms with Crippen LogP contribution in [0, 0.1) is 0 Å². The van der Waals surface area contributed by atoms with Crippen LogP contribution in [0.3, 0.4) is 0 Å². The molecule has 0 bridgehead atoms. The molecule has 3 aromatic rings. The minimum Gasteiger partial charge on any atom is -0.354 e. The molecule has 0 atom stereocenters. The van der Waals surface area contributed by atoms with Crippen molar-refractivity contribution < 1.29 is 4.79 Å². The second-order valence-corrected chi connectivity index (χ2v) is 11.4. The minimum atomic E-state index is -0.0470. The molecule has 0 unspecified atom stereocenters. The number of hydrogen-bond acceptors (Lipinski definition) is 9. The van der Waals surface area contributed by atoms with Gasteiger partial charge in [0.05, 0.1) is 35.9 Å². The molecular weight excluding hydrogens is 538 g/mol. The van der Waals surface area contributed by atoms with Gasteiger partial charge in [-0.3, -0.25) is 29.7 Å². The summed E-state index contributed by atoms with van der Waals surface area (Å²) >= 11 is 0. The van der Waals surface area contributed by atoms with Gasteiger partial charge in [-0.2, -0.15) is 0 Å². The van der Waals surface area contributed by atoms with Crippen molar-refractivity contribution >= 4 is 46.3 Å². The summed E-state index contributed by atoms with van der Waals surface area (Å²) in [6, 6.07) is 20.6. The zero-order valence-corrected chi connectivity index (χ0v) is 24.5. The Kier molecular flexibility index (Phi) is 7.20. The fourth-order valence-electron chi connectivity index (χ4n) is 5.76. The third-order valence-corrected chi connectivity index (χ3v) is 8.05. The van der Waals surface area contributed by atoms with Crippen LogP contribution in [-0.2, 0) is 12.8 Å². The Labute approximate surface area is 251 Å². The highest BCUT2D eigenvalue weighted by Gasteiger charge is 2.25. The van der Waals surface area contributed by atoms with E-state index in [0.717, 1.165) is 96.2 Å². The summed E-state index contributed by atoms with van der Waals surface area (Å²) in [6.45, 7) is 4.69. The highest BCUT2D eigenvalue weighted by atomic mass is 16.1. The van der Waals surface area contributed by atoms with E-state index in [2.05, 4.69) is 73.3 Å². The SMILES string of the molecule is CN(C)CCNC(=O)c1ccc2c(c1)CC(c1ccc(C3=Nc4ccc(NC5=NCCN5C5=NCCN5)cc4C3)cc1)=N2. The average molecular weight is 574 g/mol. The molecule has 10 heteroatoms. The van der Waals surface area contributed by atoms with Crippen molar-refractivity contribution in [2.75, 3.05) is 58.7 Å². The summed E-state index contributed by atoms with van der Waals surface area (Å²) in [6.07, 6.45) is 1.49. The molecule has 4 aliphatic rings. The summed E-state index contributed by atoms with van der Waals surface area (Å²) < 4.78 is 0. The summed E-state index contributed by atoms with van der Waals surface area (Å²) in [5.74, 6) is 1.68. The number of likely N-dealkylation sites (N-methyl/N-ethyl adjacent to an activating group) is 1. The van der Waals surface area contributed by atoms with E-state index < -0.39 is 0 Å². The van der Waals surface area contributed by atoms with E-state index >= 15 is 0 Å². The van der Waals surface area contributed by atoms with Gasteiger partial charge in [0.2, 0.25) is 11.9 Å². The minimum absolute atomic E-state index is 0.0470. The molecule has 3 N–H and O–H groups in total. The van der Waals surface area contributed by atoms with Crippen molar-refractivity contribution in [3.8, 4) is 0 Å². The van der Waals surface area contributed by atoms with Gasteiger partial charge < -0.3 is 20.9 Å². The Balaban J connectivity index is 0.982. The molecule has 3 aromatic carbocycles. The second kappa shape index (κ2) is 11.4. The molecule has 0 aliphatic carbocycles. The first kappa shape index (κ1) is 27.0. The first-order chi connectivity index (χ1) is 21.0. The van der Waals surface area contributed by atoms with Gasteiger partial charge in [-0.05, 0) is 72.7 Å². The monoisotopic (exact) mass is 573 g/mol. The van der Waals surface area contributed by atoms with Crippen LogP contribution < -0.4 is 16.0 Å². The van der Waals surface area contributed by atoms with Crippen LogP contribution in [-0.4, -0.2) is 92.4 Å². The molecule has 1 amide bonds. The summed E-state index contributed by atoms with van der Waals surface area (Å²) in [7, 11) is 3.99. The van der Waals surface area contributed by atoms with E-state index in [1.54, 1.807) is 0 Å². The van der Waals surface area contributed by atoms with Gasteiger partial charge in [-0.1, -0.05) is 24.3 Å². The Hall–Kier alpha value is -4.83. The zero-order valence-electron chi connectivity index (χ0n) is 24.5. The smallest absolute Gasteiger partial charge is 0.251 e. The molecule has 0 radical (unpaired) electrons. The fraction of sp³-hybridized carbons (Fsp3) is 0.303. The van der Waals surface area contributed by atoms with Crippen molar-refractivity contribution in [1.29, 1.82) is 0 Å². The first-order valence-electron chi connectivity index (χ1n) is 14.8. The number of nitrogens with zero attached hydrogens (tertiary/aromatic N) is 6. The van der Waals surface area contributed by atoms with Crippen molar-refractivity contribution in [2.24, 2.45) is 20.0 Å². The summed E-state index contributed by atoms with van der Waals surface area (Å²) in [4.78, 5) is 35.7. The Morgan fingerprint density at radius 3 is 2.26 bits per heavy atom. The summed E-state index contributed by atoms with van der Waals surface area (Å²) in [5, 5.41) is 9.81. The highest BCUT2D eigenvalue weighted by molar-refractivity contribution is 6.10. The molecule has 0 spiro atoms. The maximum absolute atomic E-state index is 12.6. The lowest BCUT2D eigenvalue weighted by Gasteiger charge is -2.21. The molecule has 218 valence electrons. The second-order valence-electron chi connectivity index (χ2n) is 11.4. The van der Waals surface area contributed by atoms with Crippen LogP contribution in [0.15, 0.2) is 80.6 Å². The van der Waals surface area contributed by atoms with Crippen molar-refractivity contribution in [3.63, 3.8) is 0 Å². The van der Waals surface area contributed by atoms with Gasteiger partial charge in [0.25, 0.3) is 5.91 Å². The lowest BCUT2D eigenvalue weighted by atomic mass is 9.99. The molecule has 7 rings (SSSR count). The number of nitrogens with one attached hydrogen (secondary N) is 3. The van der Waals surface area contributed by atoms with E-state index in [9.17, 15) is 4.79 Å². The van der Waals surface area contributed by atoms with Crippen molar-refractivity contribution in [3.05, 3.63) is 88.5 Å². The number of guanidine groups is 2. The predicted octanol–water partition coefficient (Wildman–Crippen LogP) is 3.37. The van der Waals surface area contributed by atoms with E-state index in [-0.39, 0.29) is 5.91 Å². The fourth-order valence-corrected chi connectivity index (χ4v) is 5.76. The predicted molar refractivity (Wildman–Crippen MR) is 173 cm³/mol. The molecule has 4 heterocycles. The number of carbonyl (C=O) groups is 1. The third kappa shape index (κ3) is 5.65. The average Bonchev–Trinajstić information content (AvgIpc) is 3.82. The number of aliphatic imine (C=N–C) groups is 4. The topological polar surface area (TPSA) is 109 Å². The molecular formula is C33H35N9O. The van der Waals surface area contributed by atoms with E-state index in [1.807, 2.05) is 37.2 Å². The van der Waals surface area contributed by atoms with Gasteiger partial charge in [-0.15, -0.1) is 0 Å². The van der Waals surface area contributed by atoms with Crippen molar-refractivity contribution in [2.45, 2.75) is 12.8 Å². The zero-order chi connectivity index (χ0) is 29.3. The van der Waals surface area contributed by atoms with Gasteiger partial charge in [0.15, 0.2) is 0 Å². The molecule has 0 saturated heterocycles. The number of anilines is 1. The molecule has 0 fully saturated rings. The van der Waals surface area contributed by atoms with Gasteiger partial charge >= 0.3 is 0 Å². The number of amides is 1. The normalized spacial score (nSPS) is 16.8. The van der Waals surface area contributed by atoms with Crippen LogP contribution in [0.4, 0.5) is 17.1 Å². The lowest BCUT2D eigenvalue weighted by Crippen LogP contribution is -2.43. The maximum atomic E-state index is 12.6. The quantitative estimate of drug-likeness (QED) is 0.402. The van der Waals surface area contributed by atoms with Crippen LogP contribution in [0.25, 0.3) is 0 Å². The van der Waals surface area contributed by atoms with Gasteiger partial charge in [0.1, 0.15) is 0 Å². The molecule has 0 saturated carbocycles. The van der Waals surface area contributed by atoms with Gasteiger partial charge in [-0.25, -0.2) is 0 Å². The van der Waals surface area contributed by atoms with Gasteiger partial charge in [0, 0.05) is 50.3 Å². The Bertz CT molecular complexity index is 1700. The van der Waals surface area contributed by atoms with Crippen LogP contribution in [0.1, 0.15) is 32.6 Å². The van der Waals surface area contributed by atoms with Crippen molar-refractivity contribution in [1.82, 2.24) is 20.4 Å². The molecule has 43 heavy (non-hydrogen) atoms. The number of hydrogen-bond donors (Lipinski definition) is 3. The number of rotatable bonds is 7. The third-order valence-electron chi connectivity index (χ3n) is 8.05. The first-order valence-corrected chi connectivity index (χ1v) is 14.8. The Morgan fingerprint density at radius 1 is 0.884 bits per heavy atom. The number of benzene rings is 3. The molecule has 10 nitrogen and oxygen atoms in total. The van der Waals surface area contributed by atoms with E-state index in [4.69, 9.17) is 9.98 Å². The maximum Gasteiger partial charge on any atom is 0.251 e. The number of fused-ring (bicyclic) bond motifs is 2. The number of carbonyl (C=O) groups excluding carboxylic acids is 1. The standard InChI is InChI=1S/C33H35N9O/c1-41(2)15-13-34-31(43)23-7-9-27-24(17-23)19-29(39-27)21-3-5-22(6-4-21)30-20-25-18-26(8-10-28(25)40-30)38-33-37-14-16-42(33)32-35-11-12-36-32/h3-10,17-18H,11-16,19-20H2,1-2H3,(H,34,43)(H,35,36)(H,37,38). The van der Waals surface area contributed by atoms with E-state index in [0.29, 0.717) is 18.5 Å².